The van der Waals surface area contributed by atoms with Gasteiger partial charge in [0.1, 0.15) is 11.4 Å². The Morgan fingerprint density at radius 1 is 1.29 bits per heavy atom. The lowest BCUT2D eigenvalue weighted by atomic mass is 10.2. The van der Waals surface area contributed by atoms with Gasteiger partial charge >= 0.3 is 0 Å². The van der Waals surface area contributed by atoms with Gasteiger partial charge in [0.15, 0.2) is 0 Å². The quantitative estimate of drug-likeness (QED) is 0.341. The van der Waals surface area contributed by atoms with Gasteiger partial charge in [0.05, 0.1) is 42.3 Å². The van der Waals surface area contributed by atoms with E-state index < -0.39 is 6.04 Å². The van der Waals surface area contributed by atoms with Gasteiger partial charge in [0, 0.05) is 24.3 Å². The van der Waals surface area contributed by atoms with Crippen LogP contribution < -0.4 is 10.9 Å². The van der Waals surface area contributed by atoms with Crippen molar-refractivity contribution in [3.63, 3.8) is 0 Å². The fraction of sp³-hybridized carbons (Fsp3) is 0.211. The lowest BCUT2D eigenvalue weighted by molar-refractivity contribution is 0.204. The van der Waals surface area contributed by atoms with Gasteiger partial charge in [-0.15, -0.1) is 0 Å². The molecule has 0 atom stereocenters. The number of rotatable bonds is 6. The molecule has 0 fully saturated rings. The molecule has 144 valence electrons. The highest BCUT2D eigenvalue weighted by Crippen LogP contribution is 2.27. The predicted octanol–water partition coefficient (Wildman–Crippen LogP) is 1.18. The number of pyridine rings is 1. The fourth-order valence-corrected chi connectivity index (χ4v) is 3.15. The van der Waals surface area contributed by atoms with E-state index in [1.165, 1.54) is 6.20 Å². The Kier molecular flexibility index (Phi) is 4.68. The molecule has 0 saturated carbocycles. The molecule has 5 N–H and O–H groups in total. The van der Waals surface area contributed by atoms with E-state index in [0.717, 1.165) is 22.3 Å². The number of aliphatic hydroxyl groups excluding tert-OH is 2. The Morgan fingerprint density at radius 2 is 2.11 bits per heavy atom. The Hall–Kier alpha value is -3.43. The Labute approximate surface area is 159 Å². The first-order valence-electron chi connectivity index (χ1n) is 8.79. The summed E-state index contributed by atoms with van der Waals surface area (Å²) >= 11 is 0. The molecule has 0 bridgehead atoms. The van der Waals surface area contributed by atoms with Crippen LogP contribution >= 0.6 is 0 Å². The van der Waals surface area contributed by atoms with Crippen molar-refractivity contribution < 1.29 is 10.2 Å². The molecule has 28 heavy (non-hydrogen) atoms. The minimum absolute atomic E-state index is 0.268. The van der Waals surface area contributed by atoms with Crippen LogP contribution in [-0.2, 0) is 0 Å². The van der Waals surface area contributed by atoms with E-state index in [4.69, 9.17) is 0 Å². The smallest absolute Gasteiger partial charge is 0.261 e. The van der Waals surface area contributed by atoms with Gasteiger partial charge in [-0.25, -0.2) is 9.97 Å². The van der Waals surface area contributed by atoms with Crippen LogP contribution in [0.3, 0.4) is 0 Å². The molecule has 0 aliphatic carbocycles. The maximum Gasteiger partial charge on any atom is 0.261 e. The minimum Gasteiger partial charge on any atom is -0.394 e. The Bertz CT molecular complexity index is 1160. The summed E-state index contributed by atoms with van der Waals surface area (Å²) in [5, 5.41) is 21.7. The molecule has 0 aliphatic rings. The van der Waals surface area contributed by atoms with E-state index in [0.29, 0.717) is 17.1 Å². The largest absolute Gasteiger partial charge is 0.394 e. The van der Waals surface area contributed by atoms with Crippen LogP contribution in [0.15, 0.2) is 47.9 Å². The zero-order valence-corrected chi connectivity index (χ0v) is 15.2. The van der Waals surface area contributed by atoms with Crippen molar-refractivity contribution in [3.8, 4) is 17.1 Å². The summed E-state index contributed by atoms with van der Waals surface area (Å²) in [6.07, 6.45) is 6.78. The average molecular weight is 380 g/mol. The van der Waals surface area contributed by atoms with Gasteiger partial charge < -0.3 is 30.1 Å². The monoisotopic (exact) mass is 380 g/mol. The van der Waals surface area contributed by atoms with Crippen LogP contribution in [0, 0.1) is 6.92 Å². The number of benzene rings is 1. The maximum atomic E-state index is 12.5. The first-order chi connectivity index (χ1) is 13.6. The van der Waals surface area contributed by atoms with Crippen molar-refractivity contribution in [2.24, 2.45) is 0 Å². The third-order valence-corrected chi connectivity index (χ3v) is 4.56. The summed E-state index contributed by atoms with van der Waals surface area (Å²) < 4.78 is 1.89. The third-order valence-electron chi connectivity index (χ3n) is 4.56. The highest BCUT2D eigenvalue weighted by atomic mass is 16.3. The molecule has 1 aromatic carbocycles. The van der Waals surface area contributed by atoms with Gasteiger partial charge in [0.25, 0.3) is 5.56 Å². The predicted molar refractivity (Wildman–Crippen MR) is 106 cm³/mol. The van der Waals surface area contributed by atoms with Crippen molar-refractivity contribution in [1.82, 2.24) is 24.5 Å². The normalized spacial score (nSPS) is 11.4. The van der Waals surface area contributed by atoms with E-state index in [9.17, 15) is 15.0 Å². The van der Waals surface area contributed by atoms with Gasteiger partial charge in [-0.3, -0.25) is 4.79 Å². The first kappa shape index (κ1) is 18.0. The highest BCUT2D eigenvalue weighted by Gasteiger charge is 2.17. The zero-order valence-electron chi connectivity index (χ0n) is 15.2. The van der Waals surface area contributed by atoms with E-state index in [-0.39, 0.29) is 18.8 Å². The van der Waals surface area contributed by atoms with Crippen molar-refractivity contribution in [2.75, 3.05) is 18.5 Å². The van der Waals surface area contributed by atoms with Crippen LogP contribution in [0.1, 0.15) is 5.56 Å². The second-order valence-corrected chi connectivity index (χ2v) is 6.52. The number of nitrogens with zero attached hydrogens (tertiary/aromatic N) is 3. The van der Waals surface area contributed by atoms with Crippen LogP contribution in [0.2, 0.25) is 0 Å². The molecule has 0 amide bonds. The molecule has 4 rings (SSSR count). The fourth-order valence-electron chi connectivity index (χ4n) is 3.15. The SMILES string of the molecule is Cc1cc(-n2ccnc2)cc2[nH]c(-c3c(NC(CO)CO)cc[nH]c3=O)nc12. The number of aromatic amines is 2. The lowest BCUT2D eigenvalue weighted by Gasteiger charge is -2.16. The molecule has 3 aromatic heterocycles. The second-order valence-electron chi connectivity index (χ2n) is 6.52. The summed E-state index contributed by atoms with van der Waals surface area (Å²) in [7, 11) is 0. The standard InChI is InChI=1S/C19H20N6O3/c1-11-6-13(25-5-4-20-10-25)7-15-17(11)24-18(23-15)16-14(2-3-21-19(16)28)22-12(8-26)9-27/h2-7,10,12,26-27H,8-9H2,1H3,(H,23,24)(H2,21,22,28). The molecule has 0 saturated heterocycles. The molecule has 9 nitrogen and oxygen atoms in total. The van der Waals surface area contributed by atoms with Crippen LogP contribution in [0.4, 0.5) is 5.69 Å². The summed E-state index contributed by atoms with van der Waals surface area (Å²) in [6.45, 7) is 1.42. The average Bonchev–Trinajstić information content (AvgIpc) is 3.36. The second kappa shape index (κ2) is 7.29. The number of aryl methyl sites for hydroxylation is 1. The van der Waals surface area contributed by atoms with Crippen LogP contribution in [0.5, 0.6) is 0 Å². The Balaban J connectivity index is 1.84. The van der Waals surface area contributed by atoms with Crippen molar-refractivity contribution >= 4 is 16.7 Å². The topological polar surface area (TPSA) is 132 Å². The molecule has 0 radical (unpaired) electrons. The van der Waals surface area contributed by atoms with Gasteiger partial charge in [-0.05, 0) is 30.7 Å². The minimum atomic E-state index is -0.584. The Morgan fingerprint density at radius 3 is 2.82 bits per heavy atom. The van der Waals surface area contributed by atoms with Crippen molar-refractivity contribution in [1.29, 1.82) is 0 Å². The summed E-state index contributed by atoms with van der Waals surface area (Å²) in [5.41, 5.74) is 3.89. The van der Waals surface area contributed by atoms with Gasteiger partial charge in [-0.1, -0.05) is 0 Å². The molecule has 4 aromatic rings. The number of imidazole rings is 2. The zero-order chi connectivity index (χ0) is 19.7. The van der Waals surface area contributed by atoms with Crippen LogP contribution in [-0.4, -0.2) is 54.0 Å². The lowest BCUT2D eigenvalue weighted by Crippen LogP contribution is -2.29. The summed E-state index contributed by atoms with van der Waals surface area (Å²) in [6, 6.07) is 5.02. The van der Waals surface area contributed by atoms with Crippen molar-refractivity contribution in [2.45, 2.75) is 13.0 Å². The molecule has 0 spiro atoms. The highest BCUT2D eigenvalue weighted by molar-refractivity contribution is 5.86. The van der Waals surface area contributed by atoms with Crippen molar-refractivity contribution in [3.05, 3.63) is 59.0 Å². The molecule has 3 heterocycles. The molecule has 0 unspecified atom stereocenters. The van der Waals surface area contributed by atoms with E-state index in [1.807, 2.05) is 29.8 Å². The number of hydrogen-bond donors (Lipinski definition) is 5. The van der Waals surface area contributed by atoms with E-state index in [2.05, 4.69) is 25.3 Å². The van der Waals surface area contributed by atoms with Gasteiger partial charge in [-0.2, -0.15) is 0 Å². The van der Waals surface area contributed by atoms with E-state index in [1.54, 1.807) is 18.6 Å². The number of nitrogens with one attached hydrogen (secondary N) is 3. The number of aromatic nitrogens is 5. The first-order valence-corrected chi connectivity index (χ1v) is 8.79. The number of fused-ring (bicyclic) bond motifs is 1. The third kappa shape index (κ3) is 3.17. The number of anilines is 1. The molecule has 9 heteroatoms. The number of H-pyrrole nitrogens is 2. The summed E-state index contributed by atoms with van der Waals surface area (Å²) in [4.78, 5) is 27.1. The van der Waals surface area contributed by atoms with Gasteiger partial charge in [0.2, 0.25) is 0 Å². The summed E-state index contributed by atoms with van der Waals surface area (Å²) in [5.74, 6) is 0.403. The molecular formula is C19H20N6O3. The van der Waals surface area contributed by atoms with E-state index >= 15 is 0 Å². The molecule has 0 aliphatic heterocycles. The van der Waals surface area contributed by atoms with Crippen LogP contribution in [0.25, 0.3) is 28.1 Å². The number of hydrogen-bond acceptors (Lipinski definition) is 6. The molecular weight excluding hydrogens is 360 g/mol. The number of aliphatic hydroxyl groups is 2. The maximum absolute atomic E-state index is 12.5.